The van der Waals surface area contributed by atoms with E-state index in [0.717, 1.165) is 25.1 Å². The second-order valence-electron chi connectivity index (χ2n) is 4.32. The summed E-state index contributed by atoms with van der Waals surface area (Å²) in [7, 11) is 0. The molecule has 2 N–H and O–H groups in total. The van der Waals surface area contributed by atoms with Crippen molar-refractivity contribution in [1.29, 1.82) is 0 Å². The molecule has 1 aromatic rings. The van der Waals surface area contributed by atoms with Crippen LogP contribution in [0, 0.1) is 0 Å². The Morgan fingerprint density at radius 2 is 2.00 bits per heavy atom. The summed E-state index contributed by atoms with van der Waals surface area (Å²) in [5, 5.41) is 6.10. The molecule has 0 aliphatic rings. The molecular formula is C14H23N3O. The van der Waals surface area contributed by atoms with Gasteiger partial charge in [0.15, 0.2) is 0 Å². The quantitative estimate of drug-likeness (QED) is 0.697. The van der Waals surface area contributed by atoms with Gasteiger partial charge < -0.3 is 10.6 Å². The molecule has 1 aromatic heterocycles. The van der Waals surface area contributed by atoms with Gasteiger partial charge in [-0.3, -0.25) is 4.79 Å². The molecule has 0 aliphatic carbocycles. The maximum Gasteiger partial charge on any atom is 0.269 e. The maximum atomic E-state index is 11.6. The number of aromatic nitrogens is 1. The third-order valence-electron chi connectivity index (χ3n) is 2.64. The lowest BCUT2D eigenvalue weighted by Crippen LogP contribution is -2.24. The Balaban J connectivity index is 2.39. The molecule has 0 saturated carbocycles. The van der Waals surface area contributed by atoms with E-state index >= 15 is 0 Å². The van der Waals surface area contributed by atoms with Gasteiger partial charge in [0.25, 0.3) is 5.91 Å². The van der Waals surface area contributed by atoms with Crippen LogP contribution in [-0.2, 0) is 0 Å². The van der Waals surface area contributed by atoms with Crippen molar-refractivity contribution in [2.75, 3.05) is 18.4 Å². The molecule has 0 radical (unpaired) electrons. The van der Waals surface area contributed by atoms with Gasteiger partial charge in [-0.25, -0.2) is 4.98 Å². The largest absolute Gasteiger partial charge is 0.384 e. The van der Waals surface area contributed by atoms with E-state index in [1.54, 1.807) is 12.3 Å². The predicted molar refractivity (Wildman–Crippen MR) is 74.9 cm³/mol. The zero-order valence-corrected chi connectivity index (χ0v) is 11.3. The highest BCUT2D eigenvalue weighted by Crippen LogP contribution is 2.06. The number of hydrogen-bond acceptors (Lipinski definition) is 3. The number of rotatable bonds is 8. The Bertz CT molecular complexity index is 349. The molecule has 1 heterocycles. The molecular weight excluding hydrogens is 226 g/mol. The van der Waals surface area contributed by atoms with E-state index in [0.29, 0.717) is 12.2 Å². The van der Waals surface area contributed by atoms with Gasteiger partial charge >= 0.3 is 0 Å². The Labute approximate surface area is 109 Å². The van der Waals surface area contributed by atoms with E-state index in [4.69, 9.17) is 0 Å². The zero-order valence-electron chi connectivity index (χ0n) is 11.3. The van der Waals surface area contributed by atoms with Gasteiger partial charge in [-0.2, -0.15) is 0 Å². The Kier molecular flexibility index (Phi) is 6.84. The molecule has 1 rings (SSSR count). The zero-order chi connectivity index (χ0) is 13.2. The van der Waals surface area contributed by atoms with Gasteiger partial charge in [0.1, 0.15) is 5.69 Å². The van der Waals surface area contributed by atoms with Crippen molar-refractivity contribution >= 4 is 11.6 Å². The molecule has 18 heavy (non-hydrogen) atoms. The molecule has 0 unspecified atom stereocenters. The Morgan fingerprint density at radius 3 is 2.61 bits per heavy atom. The second-order valence-corrected chi connectivity index (χ2v) is 4.32. The highest BCUT2D eigenvalue weighted by atomic mass is 16.1. The van der Waals surface area contributed by atoms with Gasteiger partial charge in [-0.1, -0.05) is 26.7 Å². The number of pyridine rings is 1. The van der Waals surface area contributed by atoms with Crippen LogP contribution >= 0.6 is 0 Å². The standard InChI is InChI=1S/C14H23N3O/c1-3-5-6-10-15-12-7-8-13(17-11-12)14(18)16-9-4-2/h7-8,11,15H,3-6,9-10H2,1-2H3,(H,16,18). The van der Waals surface area contributed by atoms with Crippen molar-refractivity contribution < 1.29 is 4.79 Å². The van der Waals surface area contributed by atoms with Crippen LogP contribution in [0.25, 0.3) is 0 Å². The summed E-state index contributed by atoms with van der Waals surface area (Å²) >= 11 is 0. The normalized spacial score (nSPS) is 10.1. The number of unbranched alkanes of at least 4 members (excludes halogenated alkanes) is 2. The number of carbonyl (C=O) groups excluding carboxylic acids is 1. The lowest BCUT2D eigenvalue weighted by atomic mass is 10.2. The number of hydrogen-bond donors (Lipinski definition) is 2. The van der Waals surface area contributed by atoms with E-state index in [9.17, 15) is 4.79 Å². The van der Waals surface area contributed by atoms with Crippen molar-refractivity contribution in [1.82, 2.24) is 10.3 Å². The van der Waals surface area contributed by atoms with E-state index in [1.165, 1.54) is 12.8 Å². The maximum absolute atomic E-state index is 11.6. The van der Waals surface area contributed by atoms with Crippen molar-refractivity contribution in [2.45, 2.75) is 39.5 Å². The number of carbonyl (C=O) groups is 1. The third kappa shape index (κ3) is 5.17. The minimum Gasteiger partial charge on any atom is -0.384 e. The molecule has 0 fully saturated rings. The van der Waals surface area contributed by atoms with Gasteiger partial charge in [-0.05, 0) is 25.0 Å². The molecule has 0 bridgehead atoms. The summed E-state index contributed by atoms with van der Waals surface area (Å²) in [6.45, 7) is 5.86. The first kappa shape index (κ1) is 14.5. The Hall–Kier alpha value is -1.58. The molecule has 0 saturated heterocycles. The molecule has 0 aliphatic heterocycles. The first-order valence-electron chi connectivity index (χ1n) is 6.76. The van der Waals surface area contributed by atoms with Gasteiger partial charge in [0, 0.05) is 13.1 Å². The molecule has 0 atom stereocenters. The van der Waals surface area contributed by atoms with Crippen LogP contribution in [0.4, 0.5) is 5.69 Å². The first-order chi connectivity index (χ1) is 8.77. The molecule has 4 heteroatoms. The minimum atomic E-state index is -0.102. The van der Waals surface area contributed by atoms with Crippen molar-refractivity contribution in [3.05, 3.63) is 24.0 Å². The smallest absolute Gasteiger partial charge is 0.269 e. The highest BCUT2D eigenvalue weighted by Gasteiger charge is 2.05. The topological polar surface area (TPSA) is 54.0 Å². The summed E-state index contributed by atoms with van der Waals surface area (Å²) in [6.07, 6.45) is 6.26. The van der Waals surface area contributed by atoms with Gasteiger partial charge in [0.05, 0.1) is 11.9 Å². The molecule has 0 spiro atoms. The first-order valence-corrected chi connectivity index (χ1v) is 6.76. The summed E-state index contributed by atoms with van der Waals surface area (Å²) in [4.78, 5) is 15.8. The van der Waals surface area contributed by atoms with Crippen molar-refractivity contribution in [2.24, 2.45) is 0 Å². The van der Waals surface area contributed by atoms with E-state index in [-0.39, 0.29) is 5.91 Å². The monoisotopic (exact) mass is 249 g/mol. The van der Waals surface area contributed by atoms with E-state index in [1.807, 2.05) is 13.0 Å². The Morgan fingerprint density at radius 1 is 1.17 bits per heavy atom. The summed E-state index contributed by atoms with van der Waals surface area (Å²) in [6, 6.07) is 3.66. The summed E-state index contributed by atoms with van der Waals surface area (Å²) in [5.74, 6) is -0.102. The van der Waals surface area contributed by atoms with Crippen LogP contribution in [-0.4, -0.2) is 24.0 Å². The van der Waals surface area contributed by atoms with Crippen molar-refractivity contribution in [3.63, 3.8) is 0 Å². The van der Waals surface area contributed by atoms with Gasteiger partial charge in [0.2, 0.25) is 0 Å². The van der Waals surface area contributed by atoms with Gasteiger partial charge in [-0.15, -0.1) is 0 Å². The van der Waals surface area contributed by atoms with Crippen molar-refractivity contribution in [3.8, 4) is 0 Å². The van der Waals surface area contributed by atoms with Crippen LogP contribution in [0.2, 0.25) is 0 Å². The van der Waals surface area contributed by atoms with Crippen LogP contribution in [0.5, 0.6) is 0 Å². The fourth-order valence-electron chi connectivity index (χ4n) is 1.57. The lowest BCUT2D eigenvalue weighted by Gasteiger charge is -2.06. The van der Waals surface area contributed by atoms with Crippen LogP contribution in [0.3, 0.4) is 0 Å². The molecule has 100 valence electrons. The SMILES string of the molecule is CCCCCNc1ccc(C(=O)NCCC)nc1. The minimum absolute atomic E-state index is 0.102. The van der Waals surface area contributed by atoms with E-state index in [2.05, 4.69) is 22.5 Å². The summed E-state index contributed by atoms with van der Waals surface area (Å²) in [5.41, 5.74) is 1.45. The average Bonchev–Trinajstić information content (AvgIpc) is 2.41. The second kappa shape index (κ2) is 8.50. The number of amides is 1. The van der Waals surface area contributed by atoms with Crippen LogP contribution in [0.1, 0.15) is 50.0 Å². The van der Waals surface area contributed by atoms with E-state index < -0.39 is 0 Å². The molecule has 1 amide bonds. The average molecular weight is 249 g/mol. The highest BCUT2D eigenvalue weighted by molar-refractivity contribution is 5.92. The number of anilines is 1. The summed E-state index contributed by atoms with van der Waals surface area (Å²) < 4.78 is 0. The lowest BCUT2D eigenvalue weighted by molar-refractivity contribution is 0.0949. The molecule has 0 aromatic carbocycles. The predicted octanol–water partition coefficient (Wildman–Crippen LogP) is 2.82. The third-order valence-corrected chi connectivity index (χ3v) is 2.64. The molecule has 4 nitrogen and oxygen atoms in total. The van der Waals surface area contributed by atoms with Crippen LogP contribution in [0.15, 0.2) is 18.3 Å². The van der Waals surface area contributed by atoms with Crippen LogP contribution < -0.4 is 10.6 Å². The fourth-order valence-corrected chi connectivity index (χ4v) is 1.57. The fraction of sp³-hybridized carbons (Fsp3) is 0.571. The number of nitrogens with one attached hydrogen (secondary N) is 2. The number of nitrogens with zero attached hydrogens (tertiary/aromatic N) is 1.